The minimum Gasteiger partial charge on any atom is -0.493 e. The van der Waals surface area contributed by atoms with E-state index in [1.807, 2.05) is 25.1 Å². The van der Waals surface area contributed by atoms with Gasteiger partial charge in [0.25, 0.3) is 0 Å². The monoisotopic (exact) mass is 249 g/mol. The summed E-state index contributed by atoms with van der Waals surface area (Å²) in [5.74, 6) is 0.754. The average molecular weight is 249 g/mol. The van der Waals surface area contributed by atoms with E-state index >= 15 is 0 Å². The first kappa shape index (κ1) is 14.0. The van der Waals surface area contributed by atoms with Crippen LogP contribution in [0.25, 0.3) is 0 Å². The van der Waals surface area contributed by atoms with Gasteiger partial charge in [0.05, 0.1) is 12.8 Å². The zero-order valence-electron chi connectivity index (χ0n) is 10.8. The van der Waals surface area contributed by atoms with E-state index in [4.69, 9.17) is 10.5 Å². The number of primary amides is 1. The molecule has 5 heteroatoms. The molecule has 1 aromatic rings. The van der Waals surface area contributed by atoms with Gasteiger partial charge >= 0.3 is 6.03 Å². The van der Waals surface area contributed by atoms with E-state index < -0.39 is 6.03 Å². The summed E-state index contributed by atoms with van der Waals surface area (Å²) in [5, 5.41) is 3.74. The number of nitrogens with two attached hydrogens (primary N) is 1. The largest absolute Gasteiger partial charge is 0.493 e. The van der Waals surface area contributed by atoms with Crippen LogP contribution < -0.4 is 15.9 Å². The third-order valence-corrected chi connectivity index (χ3v) is 2.30. The van der Waals surface area contributed by atoms with Crippen molar-refractivity contribution >= 4 is 12.2 Å². The molecular formula is C13H19N3O2. The van der Waals surface area contributed by atoms with Crippen molar-refractivity contribution in [1.82, 2.24) is 5.43 Å². The van der Waals surface area contributed by atoms with Crippen LogP contribution in [0.5, 0.6) is 5.75 Å². The van der Waals surface area contributed by atoms with E-state index in [2.05, 4.69) is 17.5 Å². The predicted octanol–water partition coefficient (Wildman–Crippen LogP) is 2.18. The van der Waals surface area contributed by atoms with Crippen LogP contribution in [0.15, 0.2) is 23.3 Å². The molecule has 5 nitrogen and oxygen atoms in total. The summed E-state index contributed by atoms with van der Waals surface area (Å²) < 4.78 is 5.65. The molecule has 0 saturated heterocycles. The summed E-state index contributed by atoms with van der Waals surface area (Å²) in [6.07, 6.45) is 3.61. The maximum absolute atomic E-state index is 10.5. The van der Waals surface area contributed by atoms with Gasteiger partial charge in [-0.1, -0.05) is 25.0 Å². The fourth-order valence-corrected chi connectivity index (χ4v) is 1.39. The van der Waals surface area contributed by atoms with Crippen molar-refractivity contribution in [1.29, 1.82) is 0 Å². The summed E-state index contributed by atoms with van der Waals surface area (Å²) in [7, 11) is 0. The lowest BCUT2D eigenvalue weighted by Gasteiger charge is -2.09. The topological polar surface area (TPSA) is 76.7 Å². The standard InChI is InChI=1S/C13H19N3O2/c1-3-4-7-18-12-6-5-10(2)8-11(12)9-15-16-13(14)17/h5-6,8-9H,3-4,7H2,1-2H3,(H3,14,16,17). The van der Waals surface area contributed by atoms with E-state index in [9.17, 15) is 4.79 Å². The number of hydrazone groups is 1. The van der Waals surface area contributed by atoms with E-state index in [0.29, 0.717) is 6.61 Å². The Morgan fingerprint density at radius 1 is 1.56 bits per heavy atom. The molecule has 0 atom stereocenters. The zero-order valence-corrected chi connectivity index (χ0v) is 10.8. The van der Waals surface area contributed by atoms with Crippen LogP contribution in [0.4, 0.5) is 4.79 Å². The highest BCUT2D eigenvalue weighted by Crippen LogP contribution is 2.18. The molecule has 0 aromatic heterocycles. The van der Waals surface area contributed by atoms with Crippen molar-refractivity contribution in [3.05, 3.63) is 29.3 Å². The Morgan fingerprint density at radius 3 is 3.00 bits per heavy atom. The smallest absolute Gasteiger partial charge is 0.332 e. The van der Waals surface area contributed by atoms with E-state index in [0.717, 1.165) is 29.7 Å². The molecule has 0 unspecified atom stereocenters. The number of nitrogens with one attached hydrogen (secondary N) is 1. The van der Waals surface area contributed by atoms with Crippen LogP contribution in [0.1, 0.15) is 30.9 Å². The van der Waals surface area contributed by atoms with Gasteiger partial charge in [0.1, 0.15) is 5.75 Å². The maximum Gasteiger partial charge on any atom is 0.332 e. The van der Waals surface area contributed by atoms with Crippen LogP contribution in [-0.4, -0.2) is 18.9 Å². The third-order valence-electron chi connectivity index (χ3n) is 2.30. The van der Waals surface area contributed by atoms with E-state index in [1.165, 1.54) is 6.21 Å². The van der Waals surface area contributed by atoms with Crippen LogP contribution in [-0.2, 0) is 0 Å². The Hall–Kier alpha value is -2.04. The lowest BCUT2D eigenvalue weighted by atomic mass is 10.1. The SMILES string of the molecule is CCCCOc1ccc(C)cc1C=NNC(N)=O. The number of hydrogen-bond acceptors (Lipinski definition) is 3. The molecule has 18 heavy (non-hydrogen) atoms. The van der Waals surface area contributed by atoms with Crippen molar-refractivity contribution in [2.24, 2.45) is 10.8 Å². The van der Waals surface area contributed by atoms with Gasteiger partial charge in [-0.15, -0.1) is 0 Å². The number of urea groups is 1. The quantitative estimate of drug-likeness (QED) is 0.460. The maximum atomic E-state index is 10.5. The molecule has 0 heterocycles. The van der Waals surface area contributed by atoms with Gasteiger partial charge in [-0.25, -0.2) is 10.2 Å². The first-order valence-electron chi connectivity index (χ1n) is 5.95. The normalized spacial score (nSPS) is 10.6. The Balaban J connectivity index is 2.76. The van der Waals surface area contributed by atoms with Crippen molar-refractivity contribution in [2.45, 2.75) is 26.7 Å². The minimum atomic E-state index is -0.688. The van der Waals surface area contributed by atoms with Crippen LogP contribution in [0.2, 0.25) is 0 Å². The van der Waals surface area contributed by atoms with Gasteiger partial charge in [0.15, 0.2) is 0 Å². The Kier molecular flexibility index (Phi) is 5.70. The molecule has 0 bridgehead atoms. The van der Waals surface area contributed by atoms with Crippen LogP contribution >= 0.6 is 0 Å². The molecule has 1 aromatic carbocycles. The van der Waals surface area contributed by atoms with Crippen LogP contribution in [0, 0.1) is 6.92 Å². The number of hydrogen-bond donors (Lipinski definition) is 2. The first-order chi connectivity index (χ1) is 8.63. The summed E-state index contributed by atoms with van der Waals surface area (Å²) in [5.41, 5.74) is 9.00. The second kappa shape index (κ2) is 7.32. The van der Waals surface area contributed by atoms with E-state index in [-0.39, 0.29) is 0 Å². The number of aryl methyl sites for hydroxylation is 1. The summed E-state index contributed by atoms with van der Waals surface area (Å²) in [6.45, 7) is 4.76. The molecule has 0 radical (unpaired) electrons. The third kappa shape index (κ3) is 4.86. The van der Waals surface area contributed by atoms with Crippen molar-refractivity contribution in [3.8, 4) is 5.75 Å². The van der Waals surface area contributed by atoms with Gasteiger partial charge in [0.2, 0.25) is 0 Å². The number of nitrogens with zero attached hydrogens (tertiary/aromatic N) is 1. The summed E-state index contributed by atoms with van der Waals surface area (Å²) in [6, 6.07) is 5.12. The predicted molar refractivity (Wildman–Crippen MR) is 71.9 cm³/mol. The Labute approximate surface area is 107 Å². The molecule has 3 N–H and O–H groups in total. The molecule has 0 aliphatic heterocycles. The average Bonchev–Trinajstić information content (AvgIpc) is 2.31. The van der Waals surface area contributed by atoms with Crippen molar-refractivity contribution in [2.75, 3.05) is 6.61 Å². The lowest BCUT2D eigenvalue weighted by molar-refractivity contribution is 0.249. The number of amides is 2. The Morgan fingerprint density at radius 2 is 2.33 bits per heavy atom. The zero-order chi connectivity index (χ0) is 13.4. The van der Waals surface area contributed by atoms with Gasteiger partial charge < -0.3 is 10.5 Å². The second-order valence-corrected chi connectivity index (χ2v) is 3.98. The van der Waals surface area contributed by atoms with Gasteiger partial charge in [0, 0.05) is 5.56 Å². The lowest BCUT2D eigenvalue weighted by Crippen LogP contribution is -2.24. The summed E-state index contributed by atoms with van der Waals surface area (Å²) in [4.78, 5) is 10.5. The second-order valence-electron chi connectivity index (χ2n) is 3.98. The number of carbonyl (C=O) groups excluding carboxylic acids is 1. The van der Waals surface area contributed by atoms with Gasteiger partial charge in [-0.05, 0) is 25.5 Å². The molecule has 0 spiro atoms. The summed E-state index contributed by atoms with van der Waals surface area (Å²) >= 11 is 0. The highest BCUT2D eigenvalue weighted by atomic mass is 16.5. The minimum absolute atomic E-state index is 0.670. The van der Waals surface area contributed by atoms with E-state index in [1.54, 1.807) is 0 Å². The number of ether oxygens (including phenoxy) is 1. The molecule has 0 fully saturated rings. The number of unbranched alkanes of at least 4 members (excludes halogenated alkanes) is 1. The number of rotatable bonds is 6. The fraction of sp³-hybridized carbons (Fsp3) is 0.385. The van der Waals surface area contributed by atoms with Crippen LogP contribution in [0.3, 0.4) is 0 Å². The molecule has 98 valence electrons. The van der Waals surface area contributed by atoms with Crippen molar-refractivity contribution < 1.29 is 9.53 Å². The Bertz CT molecular complexity index is 430. The highest BCUT2D eigenvalue weighted by Gasteiger charge is 2.02. The molecular weight excluding hydrogens is 230 g/mol. The molecule has 0 aliphatic rings. The van der Waals surface area contributed by atoms with Gasteiger partial charge in [-0.2, -0.15) is 5.10 Å². The fourth-order valence-electron chi connectivity index (χ4n) is 1.39. The molecule has 0 saturated carbocycles. The number of benzene rings is 1. The molecule has 2 amide bonds. The molecule has 1 rings (SSSR count). The first-order valence-corrected chi connectivity index (χ1v) is 5.95. The molecule has 0 aliphatic carbocycles. The van der Waals surface area contributed by atoms with Crippen molar-refractivity contribution in [3.63, 3.8) is 0 Å². The van der Waals surface area contributed by atoms with Gasteiger partial charge in [-0.3, -0.25) is 0 Å². The number of carbonyl (C=O) groups is 1. The highest BCUT2D eigenvalue weighted by molar-refractivity contribution is 5.85.